The van der Waals surface area contributed by atoms with Gasteiger partial charge < -0.3 is 9.64 Å². The Labute approximate surface area is 106 Å². The van der Waals surface area contributed by atoms with E-state index >= 15 is 0 Å². The molecule has 0 spiro atoms. The maximum absolute atomic E-state index is 10.9. The van der Waals surface area contributed by atoms with Crippen molar-refractivity contribution in [3.63, 3.8) is 0 Å². The zero-order valence-electron chi connectivity index (χ0n) is 10.2. The molecule has 1 aliphatic carbocycles. The van der Waals surface area contributed by atoms with E-state index in [4.69, 9.17) is 4.74 Å². The Hall–Kier alpha value is -1.62. The third-order valence-corrected chi connectivity index (χ3v) is 3.59. The summed E-state index contributed by atoms with van der Waals surface area (Å²) in [6.07, 6.45) is 2.30. The molecule has 1 saturated carbocycles. The number of non-ortho nitro benzene ring substituents is 1. The van der Waals surface area contributed by atoms with Crippen molar-refractivity contribution in [2.45, 2.75) is 18.8 Å². The van der Waals surface area contributed by atoms with Crippen molar-refractivity contribution in [1.29, 1.82) is 0 Å². The van der Waals surface area contributed by atoms with E-state index in [0.717, 1.165) is 50.4 Å². The van der Waals surface area contributed by atoms with Crippen LogP contribution in [0.4, 0.5) is 11.4 Å². The molecule has 0 amide bonds. The van der Waals surface area contributed by atoms with Gasteiger partial charge >= 0.3 is 0 Å². The molecule has 1 saturated heterocycles. The van der Waals surface area contributed by atoms with Gasteiger partial charge in [0.15, 0.2) is 0 Å². The molecule has 2 fully saturated rings. The number of nitro benzene ring substituents is 1. The molecule has 2 aliphatic rings. The van der Waals surface area contributed by atoms with Crippen LogP contribution in [0, 0.1) is 10.1 Å². The standard InChI is InChI=1S/C13H16N2O3/c16-15(17)11-3-4-13(12(9-11)10-1-2-10)14-5-7-18-8-6-14/h3-4,9-10H,1-2,5-8H2. The molecule has 5 nitrogen and oxygen atoms in total. The van der Waals surface area contributed by atoms with Gasteiger partial charge in [-0.05, 0) is 30.4 Å². The van der Waals surface area contributed by atoms with Crippen LogP contribution in [0.1, 0.15) is 24.3 Å². The fraction of sp³-hybridized carbons (Fsp3) is 0.538. The Morgan fingerprint density at radius 2 is 2.00 bits per heavy atom. The predicted octanol–water partition coefficient (Wildman–Crippen LogP) is 2.31. The van der Waals surface area contributed by atoms with Crippen LogP contribution < -0.4 is 4.90 Å². The molecule has 1 aliphatic heterocycles. The number of ether oxygens (including phenoxy) is 1. The molecular formula is C13H16N2O3. The van der Waals surface area contributed by atoms with Crippen LogP contribution in [0.3, 0.4) is 0 Å². The number of nitrogens with zero attached hydrogens (tertiary/aromatic N) is 2. The lowest BCUT2D eigenvalue weighted by molar-refractivity contribution is -0.384. The molecule has 0 N–H and O–H groups in total. The van der Waals surface area contributed by atoms with Crippen molar-refractivity contribution in [3.8, 4) is 0 Å². The smallest absolute Gasteiger partial charge is 0.269 e. The van der Waals surface area contributed by atoms with Gasteiger partial charge in [0.05, 0.1) is 18.1 Å². The lowest BCUT2D eigenvalue weighted by Crippen LogP contribution is -2.36. The van der Waals surface area contributed by atoms with Crippen molar-refractivity contribution in [1.82, 2.24) is 0 Å². The fourth-order valence-corrected chi connectivity index (χ4v) is 2.47. The molecule has 5 heteroatoms. The van der Waals surface area contributed by atoms with Crippen LogP contribution in [0.2, 0.25) is 0 Å². The van der Waals surface area contributed by atoms with Gasteiger partial charge in [0, 0.05) is 30.9 Å². The van der Waals surface area contributed by atoms with E-state index < -0.39 is 0 Å². The van der Waals surface area contributed by atoms with Crippen LogP contribution in [0.15, 0.2) is 18.2 Å². The summed E-state index contributed by atoms with van der Waals surface area (Å²) >= 11 is 0. The maximum atomic E-state index is 10.9. The van der Waals surface area contributed by atoms with Crippen molar-refractivity contribution in [2.75, 3.05) is 31.2 Å². The molecule has 18 heavy (non-hydrogen) atoms. The monoisotopic (exact) mass is 248 g/mol. The highest BCUT2D eigenvalue weighted by molar-refractivity contribution is 5.60. The molecule has 1 aromatic carbocycles. The van der Waals surface area contributed by atoms with Gasteiger partial charge in [0.25, 0.3) is 5.69 Å². The number of anilines is 1. The van der Waals surface area contributed by atoms with Gasteiger partial charge in [0.2, 0.25) is 0 Å². The first kappa shape index (κ1) is 11.5. The summed E-state index contributed by atoms with van der Waals surface area (Å²) < 4.78 is 5.35. The van der Waals surface area contributed by atoms with Gasteiger partial charge in [-0.2, -0.15) is 0 Å². The Kier molecular flexibility index (Phi) is 2.91. The van der Waals surface area contributed by atoms with Crippen LogP contribution in [-0.2, 0) is 4.74 Å². The largest absolute Gasteiger partial charge is 0.378 e. The third kappa shape index (κ3) is 2.18. The first-order valence-electron chi connectivity index (χ1n) is 6.37. The topological polar surface area (TPSA) is 55.6 Å². The summed E-state index contributed by atoms with van der Waals surface area (Å²) in [5.41, 5.74) is 2.51. The second-order valence-electron chi connectivity index (χ2n) is 4.87. The quantitative estimate of drug-likeness (QED) is 0.608. The van der Waals surface area contributed by atoms with Crippen LogP contribution in [0.25, 0.3) is 0 Å². The predicted molar refractivity (Wildman–Crippen MR) is 68.1 cm³/mol. The van der Waals surface area contributed by atoms with Gasteiger partial charge in [0.1, 0.15) is 0 Å². The zero-order chi connectivity index (χ0) is 12.5. The van der Waals surface area contributed by atoms with Crippen molar-refractivity contribution < 1.29 is 9.66 Å². The molecule has 1 aromatic rings. The first-order valence-corrected chi connectivity index (χ1v) is 6.37. The molecule has 0 radical (unpaired) electrons. The van der Waals surface area contributed by atoms with E-state index in [2.05, 4.69) is 4.90 Å². The zero-order valence-corrected chi connectivity index (χ0v) is 10.2. The second-order valence-corrected chi connectivity index (χ2v) is 4.87. The summed E-state index contributed by atoms with van der Waals surface area (Å²) in [6.45, 7) is 3.22. The van der Waals surface area contributed by atoms with Gasteiger partial charge in [-0.15, -0.1) is 0 Å². The lowest BCUT2D eigenvalue weighted by Gasteiger charge is -2.30. The summed E-state index contributed by atoms with van der Waals surface area (Å²) in [5.74, 6) is 0.516. The van der Waals surface area contributed by atoms with E-state index in [1.807, 2.05) is 6.07 Å². The highest BCUT2D eigenvalue weighted by Crippen LogP contribution is 2.45. The van der Waals surface area contributed by atoms with Crippen molar-refractivity contribution in [3.05, 3.63) is 33.9 Å². The summed E-state index contributed by atoms with van der Waals surface area (Å²) in [4.78, 5) is 12.8. The van der Waals surface area contributed by atoms with Gasteiger partial charge in [-0.1, -0.05) is 0 Å². The Balaban J connectivity index is 1.94. The molecule has 1 heterocycles. The van der Waals surface area contributed by atoms with E-state index in [-0.39, 0.29) is 10.6 Å². The number of nitro groups is 1. The average Bonchev–Trinajstić information content (AvgIpc) is 3.23. The minimum absolute atomic E-state index is 0.203. The van der Waals surface area contributed by atoms with E-state index in [0.29, 0.717) is 5.92 Å². The molecule has 0 atom stereocenters. The molecule has 0 bridgehead atoms. The average molecular weight is 248 g/mol. The Bertz CT molecular complexity index is 465. The van der Waals surface area contributed by atoms with E-state index in [1.165, 1.54) is 0 Å². The number of rotatable bonds is 3. The van der Waals surface area contributed by atoms with Gasteiger partial charge in [-0.25, -0.2) is 0 Å². The SMILES string of the molecule is O=[N+]([O-])c1ccc(N2CCOCC2)c(C2CC2)c1. The van der Waals surface area contributed by atoms with Crippen LogP contribution in [0.5, 0.6) is 0 Å². The molecule has 0 aromatic heterocycles. The molecule has 3 rings (SSSR count). The van der Waals surface area contributed by atoms with E-state index in [1.54, 1.807) is 12.1 Å². The van der Waals surface area contributed by atoms with Crippen LogP contribution >= 0.6 is 0 Å². The van der Waals surface area contributed by atoms with E-state index in [9.17, 15) is 10.1 Å². The number of morpholine rings is 1. The molecular weight excluding hydrogens is 232 g/mol. The third-order valence-electron chi connectivity index (χ3n) is 3.59. The van der Waals surface area contributed by atoms with Crippen molar-refractivity contribution in [2.24, 2.45) is 0 Å². The minimum atomic E-state index is -0.311. The summed E-state index contributed by atoms with van der Waals surface area (Å²) in [7, 11) is 0. The fourth-order valence-electron chi connectivity index (χ4n) is 2.47. The minimum Gasteiger partial charge on any atom is -0.378 e. The van der Waals surface area contributed by atoms with Crippen molar-refractivity contribution >= 4 is 11.4 Å². The molecule has 0 unspecified atom stereocenters. The van der Waals surface area contributed by atoms with Gasteiger partial charge in [-0.3, -0.25) is 10.1 Å². The summed E-state index contributed by atoms with van der Waals surface area (Å²) in [6, 6.07) is 5.26. The number of hydrogen-bond acceptors (Lipinski definition) is 4. The normalized spacial score (nSPS) is 19.9. The second kappa shape index (κ2) is 4.57. The number of benzene rings is 1. The molecule has 96 valence electrons. The maximum Gasteiger partial charge on any atom is 0.269 e. The van der Waals surface area contributed by atoms with Crippen LogP contribution in [-0.4, -0.2) is 31.2 Å². The number of hydrogen-bond donors (Lipinski definition) is 0. The summed E-state index contributed by atoms with van der Waals surface area (Å²) in [5, 5.41) is 10.9. The Morgan fingerprint density at radius 3 is 2.61 bits per heavy atom. The lowest BCUT2D eigenvalue weighted by atomic mass is 10.1. The first-order chi connectivity index (χ1) is 8.75. The Morgan fingerprint density at radius 1 is 1.28 bits per heavy atom. The highest BCUT2D eigenvalue weighted by Gasteiger charge is 2.29. The highest BCUT2D eigenvalue weighted by atomic mass is 16.6.